The molecule has 8 nitrogen and oxygen atoms in total. The van der Waals surface area contributed by atoms with E-state index in [4.69, 9.17) is 11.6 Å². The predicted octanol–water partition coefficient (Wildman–Crippen LogP) is 1.34. The summed E-state index contributed by atoms with van der Waals surface area (Å²) >= 11 is 5.62. The van der Waals surface area contributed by atoms with Gasteiger partial charge in [0.1, 0.15) is 28.1 Å². The first-order valence-corrected chi connectivity index (χ1v) is 9.72. The summed E-state index contributed by atoms with van der Waals surface area (Å²) in [6, 6.07) is 6.64. The van der Waals surface area contributed by atoms with Crippen LogP contribution in [0.2, 0.25) is 5.02 Å². The number of hydrogen-bond donors (Lipinski definition) is 2. The van der Waals surface area contributed by atoms with E-state index in [1.54, 1.807) is 0 Å². The SMILES string of the molecule is O=c1cc(-c2ccnc(C[SH](=O)=O)n2)cnn1C[C@H](O)c1ccc(Cl)c(F)c1. The van der Waals surface area contributed by atoms with Gasteiger partial charge in [-0.15, -0.1) is 0 Å². The lowest BCUT2D eigenvalue weighted by Gasteiger charge is -2.13. The Morgan fingerprint density at radius 1 is 1.25 bits per heavy atom. The molecule has 1 N–H and O–H groups in total. The van der Waals surface area contributed by atoms with Crippen LogP contribution in [0.1, 0.15) is 17.5 Å². The molecule has 11 heteroatoms. The summed E-state index contributed by atoms with van der Waals surface area (Å²) in [5.74, 6) is -0.872. The zero-order valence-corrected chi connectivity index (χ0v) is 15.8. The van der Waals surface area contributed by atoms with Gasteiger partial charge in [0.2, 0.25) is 0 Å². The molecule has 2 heterocycles. The van der Waals surface area contributed by atoms with Gasteiger partial charge >= 0.3 is 0 Å². The van der Waals surface area contributed by atoms with Crippen LogP contribution in [0.15, 0.2) is 47.5 Å². The molecule has 0 spiro atoms. The number of hydrogen-bond acceptors (Lipinski definition) is 7. The minimum atomic E-state index is -2.68. The minimum Gasteiger partial charge on any atom is -0.386 e. The number of aromatic nitrogens is 4. The predicted molar refractivity (Wildman–Crippen MR) is 99.9 cm³/mol. The van der Waals surface area contributed by atoms with Gasteiger partial charge in [-0.2, -0.15) is 5.10 Å². The average Bonchev–Trinajstić information content (AvgIpc) is 2.65. The highest BCUT2D eigenvalue weighted by atomic mass is 35.5. The standard InChI is InChI=1S/C17H14ClFN4O4S/c18-12-2-1-10(5-13(12)19)15(24)8-23-17(25)6-11(7-21-23)14-3-4-20-16(22-14)9-28(26)27/h1-7,15,24,28H,8-9H2/t15-/m0/s1. The van der Waals surface area contributed by atoms with Crippen LogP contribution in [0.4, 0.5) is 4.39 Å². The van der Waals surface area contributed by atoms with Gasteiger partial charge < -0.3 is 5.11 Å². The quantitative estimate of drug-likeness (QED) is 0.574. The summed E-state index contributed by atoms with van der Waals surface area (Å²) in [5, 5.41) is 14.2. The number of aliphatic hydroxyl groups is 1. The molecule has 0 aliphatic heterocycles. The smallest absolute Gasteiger partial charge is 0.267 e. The van der Waals surface area contributed by atoms with Crippen molar-refractivity contribution in [1.29, 1.82) is 0 Å². The van der Waals surface area contributed by atoms with Crippen LogP contribution in [0.3, 0.4) is 0 Å². The molecule has 0 unspecified atom stereocenters. The van der Waals surface area contributed by atoms with Gasteiger partial charge in [-0.25, -0.2) is 27.5 Å². The van der Waals surface area contributed by atoms with Crippen molar-refractivity contribution in [3.63, 3.8) is 0 Å². The third-order valence-electron chi connectivity index (χ3n) is 3.82. The maximum absolute atomic E-state index is 13.5. The van der Waals surface area contributed by atoms with Gasteiger partial charge in [-0.3, -0.25) is 4.79 Å². The molecule has 0 aliphatic rings. The summed E-state index contributed by atoms with van der Waals surface area (Å²) in [7, 11) is -2.68. The van der Waals surface area contributed by atoms with Crippen molar-refractivity contribution in [3.05, 3.63) is 75.3 Å². The summed E-state index contributed by atoms with van der Waals surface area (Å²) in [6.45, 7) is -0.189. The Labute approximate surface area is 165 Å². The number of aliphatic hydroxyl groups excluding tert-OH is 1. The lowest BCUT2D eigenvalue weighted by atomic mass is 10.1. The molecule has 0 saturated heterocycles. The number of nitrogens with zero attached hydrogens (tertiary/aromatic N) is 4. The van der Waals surface area contributed by atoms with Crippen molar-refractivity contribution in [2.45, 2.75) is 18.4 Å². The van der Waals surface area contributed by atoms with Crippen LogP contribution in [0.5, 0.6) is 0 Å². The highest BCUT2D eigenvalue weighted by Crippen LogP contribution is 2.21. The normalized spacial score (nSPS) is 12.3. The van der Waals surface area contributed by atoms with Crippen LogP contribution < -0.4 is 5.56 Å². The molecule has 0 radical (unpaired) electrons. The number of halogens is 2. The van der Waals surface area contributed by atoms with Crippen LogP contribution in [-0.2, 0) is 23.0 Å². The van der Waals surface area contributed by atoms with Crippen molar-refractivity contribution >= 4 is 22.3 Å². The van der Waals surface area contributed by atoms with Crippen LogP contribution in [-0.4, -0.2) is 33.3 Å². The number of benzene rings is 1. The van der Waals surface area contributed by atoms with E-state index in [0.29, 0.717) is 11.3 Å². The molecule has 0 bridgehead atoms. The molecular weight excluding hydrogens is 411 g/mol. The van der Waals surface area contributed by atoms with Crippen molar-refractivity contribution < 1.29 is 17.9 Å². The van der Waals surface area contributed by atoms with Crippen LogP contribution >= 0.6 is 11.6 Å². The summed E-state index contributed by atoms with van der Waals surface area (Å²) in [6.07, 6.45) is 1.59. The van der Waals surface area contributed by atoms with Crippen molar-refractivity contribution in [2.24, 2.45) is 0 Å². The van der Waals surface area contributed by atoms with E-state index in [1.165, 1.54) is 36.7 Å². The molecule has 28 heavy (non-hydrogen) atoms. The molecule has 0 saturated carbocycles. The Kier molecular flexibility index (Phi) is 6.12. The molecular formula is C17H14ClFN4O4S. The first-order chi connectivity index (χ1) is 13.3. The molecule has 146 valence electrons. The van der Waals surface area contributed by atoms with Gasteiger partial charge in [-0.05, 0) is 23.8 Å². The van der Waals surface area contributed by atoms with Crippen molar-refractivity contribution in [3.8, 4) is 11.3 Å². The highest BCUT2D eigenvalue weighted by Gasteiger charge is 2.13. The summed E-state index contributed by atoms with van der Waals surface area (Å²) < 4.78 is 36.2. The largest absolute Gasteiger partial charge is 0.386 e. The number of rotatable bonds is 6. The monoisotopic (exact) mass is 424 g/mol. The minimum absolute atomic E-state index is 0.0682. The third-order valence-corrected chi connectivity index (χ3v) is 4.66. The maximum Gasteiger partial charge on any atom is 0.267 e. The summed E-state index contributed by atoms with van der Waals surface area (Å²) in [5.41, 5.74) is 0.463. The van der Waals surface area contributed by atoms with E-state index in [2.05, 4.69) is 15.1 Å². The van der Waals surface area contributed by atoms with Crippen molar-refractivity contribution in [1.82, 2.24) is 19.7 Å². The van der Waals surface area contributed by atoms with Crippen molar-refractivity contribution in [2.75, 3.05) is 0 Å². The van der Waals surface area contributed by atoms with Gasteiger partial charge in [0, 0.05) is 17.8 Å². The van der Waals surface area contributed by atoms with E-state index in [1.807, 2.05) is 0 Å². The molecule has 3 aromatic rings. The maximum atomic E-state index is 13.5. The lowest BCUT2D eigenvalue weighted by Crippen LogP contribution is -2.25. The van der Waals surface area contributed by atoms with E-state index >= 15 is 0 Å². The van der Waals surface area contributed by atoms with E-state index in [0.717, 1.165) is 10.7 Å². The lowest BCUT2D eigenvalue weighted by molar-refractivity contribution is 0.149. The average molecular weight is 425 g/mol. The summed E-state index contributed by atoms with van der Waals surface area (Å²) in [4.78, 5) is 20.3. The zero-order chi connectivity index (χ0) is 20.3. The van der Waals surface area contributed by atoms with Crippen LogP contribution in [0.25, 0.3) is 11.3 Å². The molecule has 1 aromatic carbocycles. The molecule has 0 amide bonds. The highest BCUT2D eigenvalue weighted by molar-refractivity contribution is 7.71. The first-order valence-electron chi connectivity index (χ1n) is 7.98. The van der Waals surface area contributed by atoms with Gasteiger partial charge in [0.05, 0.1) is 29.6 Å². The third kappa shape index (κ3) is 4.77. The van der Waals surface area contributed by atoms with Crippen LogP contribution in [0, 0.1) is 5.82 Å². The number of thiol groups is 1. The topological polar surface area (TPSA) is 115 Å². The zero-order valence-electron chi connectivity index (χ0n) is 14.2. The van der Waals surface area contributed by atoms with Gasteiger partial charge in [0.15, 0.2) is 0 Å². The Morgan fingerprint density at radius 2 is 2.04 bits per heavy atom. The van der Waals surface area contributed by atoms with Gasteiger partial charge in [-0.1, -0.05) is 17.7 Å². The Hall–Kier alpha value is -2.69. The Balaban J connectivity index is 1.82. The van der Waals surface area contributed by atoms with E-state index in [9.17, 15) is 22.7 Å². The first kappa shape index (κ1) is 20.1. The van der Waals surface area contributed by atoms with E-state index in [-0.39, 0.29) is 28.7 Å². The fraction of sp³-hybridized carbons (Fsp3) is 0.176. The molecule has 0 fully saturated rings. The fourth-order valence-corrected chi connectivity index (χ4v) is 2.95. The van der Waals surface area contributed by atoms with E-state index < -0.39 is 28.2 Å². The molecule has 2 aromatic heterocycles. The molecule has 1 atom stereocenters. The Bertz CT molecular complexity index is 1140. The second-order valence-electron chi connectivity index (χ2n) is 5.80. The molecule has 0 aliphatic carbocycles. The Morgan fingerprint density at radius 3 is 2.71 bits per heavy atom. The second-order valence-corrected chi connectivity index (χ2v) is 7.19. The fourth-order valence-electron chi connectivity index (χ4n) is 2.45. The second kappa shape index (κ2) is 8.55. The van der Waals surface area contributed by atoms with Gasteiger partial charge in [0.25, 0.3) is 5.56 Å². The molecule has 3 rings (SSSR count).